The maximum absolute atomic E-state index is 11.6. The van der Waals surface area contributed by atoms with Crippen LogP contribution in [0.5, 0.6) is 0 Å². The van der Waals surface area contributed by atoms with Crippen molar-refractivity contribution in [1.82, 2.24) is 10.3 Å². The van der Waals surface area contributed by atoms with Gasteiger partial charge in [-0.3, -0.25) is 9.78 Å². The molecule has 0 saturated carbocycles. The molecule has 0 atom stereocenters. The van der Waals surface area contributed by atoms with Crippen LogP contribution < -0.4 is 5.32 Å². The molecule has 0 unspecified atom stereocenters. The molecule has 1 aromatic heterocycles. The minimum Gasteiger partial charge on any atom is -0.479 e. The SMILES string of the molecule is CCC(=O)NC(Cc1cccc2cccnc12)(C(=O)O)C(=O)O. The van der Waals surface area contributed by atoms with Gasteiger partial charge in [0.25, 0.3) is 0 Å². The Kier molecular flexibility index (Phi) is 4.59. The van der Waals surface area contributed by atoms with Gasteiger partial charge >= 0.3 is 11.9 Å². The number of carbonyl (C=O) groups excluding carboxylic acids is 1. The van der Waals surface area contributed by atoms with Crippen LogP contribution in [0.25, 0.3) is 10.9 Å². The van der Waals surface area contributed by atoms with E-state index < -0.39 is 29.8 Å². The van der Waals surface area contributed by atoms with E-state index in [2.05, 4.69) is 10.3 Å². The summed E-state index contributed by atoms with van der Waals surface area (Å²) < 4.78 is 0. The van der Waals surface area contributed by atoms with Gasteiger partial charge < -0.3 is 15.5 Å². The van der Waals surface area contributed by atoms with Crippen molar-refractivity contribution >= 4 is 28.7 Å². The third-order valence-corrected chi connectivity index (χ3v) is 3.58. The third kappa shape index (κ3) is 3.13. The molecule has 0 aliphatic carbocycles. The van der Waals surface area contributed by atoms with Crippen molar-refractivity contribution in [3.63, 3.8) is 0 Å². The van der Waals surface area contributed by atoms with Crippen LogP contribution in [0.4, 0.5) is 0 Å². The summed E-state index contributed by atoms with van der Waals surface area (Å²) in [5.74, 6) is -3.90. The minimum atomic E-state index is -2.43. The molecule has 0 bridgehead atoms. The zero-order valence-electron chi connectivity index (χ0n) is 12.4. The van der Waals surface area contributed by atoms with E-state index in [0.717, 1.165) is 5.39 Å². The van der Waals surface area contributed by atoms with E-state index in [0.29, 0.717) is 11.1 Å². The minimum absolute atomic E-state index is 0.0178. The van der Waals surface area contributed by atoms with Crippen LogP contribution in [0, 0.1) is 0 Å². The predicted molar refractivity (Wildman–Crippen MR) is 81.9 cm³/mol. The lowest BCUT2D eigenvalue weighted by Crippen LogP contribution is -2.61. The maximum atomic E-state index is 11.6. The number of carboxylic acid groups (broad SMARTS) is 2. The number of pyridine rings is 1. The van der Waals surface area contributed by atoms with Crippen LogP contribution in [-0.2, 0) is 20.8 Å². The number of benzene rings is 1. The molecule has 23 heavy (non-hydrogen) atoms. The second-order valence-electron chi connectivity index (χ2n) is 5.09. The van der Waals surface area contributed by atoms with E-state index in [1.54, 1.807) is 36.5 Å². The molecular weight excluding hydrogens is 300 g/mol. The van der Waals surface area contributed by atoms with Crippen molar-refractivity contribution in [2.45, 2.75) is 25.3 Å². The first kappa shape index (κ1) is 16.4. The van der Waals surface area contributed by atoms with Gasteiger partial charge in [0.15, 0.2) is 0 Å². The lowest BCUT2D eigenvalue weighted by Gasteiger charge is -2.26. The molecule has 0 saturated heterocycles. The first-order chi connectivity index (χ1) is 10.9. The van der Waals surface area contributed by atoms with Gasteiger partial charge in [-0.2, -0.15) is 0 Å². The molecule has 1 aromatic carbocycles. The maximum Gasteiger partial charge on any atom is 0.341 e. The monoisotopic (exact) mass is 316 g/mol. The largest absolute Gasteiger partial charge is 0.479 e. The van der Waals surface area contributed by atoms with Crippen LogP contribution in [0.15, 0.2) is 36.5 Å². The van der Waals surface area contributed by atoms with Gasteiger partial charge in [0.1, 0.15) is 0 Å². The van der Waals surface area contributed by atoms with E-state index in [4.69, 9.17) is 0 Å². The lowest BCUT2D eigenvalue weighted by molar-refractivity contribution is -0.161. The molecule has 0 fully saturated rings. The molecule has 0 aliphatic rings. The Hall–Kier alpha value is -2.96. The quantitative estimate of drug-likeness (QED) is 0.690. The van der Waals surface area contributed by atoms with Gasteiger partial charge in [0.05, 0.1) is 5.52 Å². The lowest BCUT2D eigenvalue weighted by atomic mass is 9.89. The van der Waals surface area contributed by atoms with Crippen LogP contribution in [0.3, 0.4) is 0 Å². The number of carbonyl (C=O) groups is 3. The summed E-state index contributed by atoms with van der Waals surface area (Å²) in [6.07, 6.45) is 1.12. The number of carboxylic acids is 2. The number of hydrogen-bond donors (Lipinski definition) is 3. The highest BCUT2D eigenvalue weighted by Crippen LogP contribution is 2.22. The standard InChI is InChI=1S/C16H16N2O5/c1-2-12(19)18-16(14(20)21,15(22)23)9-11-6-3-5-10-7-4-8-17-13(10)11/h3-8H,2,9H2,1H3,(H,18,19)(H,20,21)(H,22,23). The summed E-state index contributed by atoms with van der Waals surface area (Å²) in [5, 5.41) is 21.8. The summed E-state index contributed by atoms with van der Waals surface area (Å²) in [4.78, 5) is 39.1. The van der Waals surface area contributed by atoms with Crippen LogP contribution in [-0.4, -0.2) is 38.6 Å². The summed E-state index contributed by atoms with van der Waals surface area (Å²) in [6, 6.07) is 8.61. The molecule has 1 amide bonds. The molecule has 0 aliphatic heterocycles. The molecule has 0 spiro atoms. The topological polar surface area (TPSA) is 117 Å². The summed E-state index contributed by atoms with van der Waals surface area (Å²) in [5.41, 5.74) is -1.49. The van der Waals surface area contributed by atoms with Crippen LogP contribution >= 0.6 is 0 Å². The average Bonchev–Trinajstić information content (AvgIpc) is 2.53. The Labute approximate surface area is 132 Å². The fourth-order valence-corrected chi connectivity index (χ4v) is 2.32. The molecule has 2 rings (SSSR count). The Morgan fingerprint density at radius 1 is 1.13 bits per heavy atom. The van der Waals surface area contributed by atoms with Crippen molar-refractivity contribution in [2.24, 2.45) is 0 Å². The van der Waals surface area contributed by atoms with E-state index in [1.165, 1.54) is 6.92 Å². The zero-order valence-corrected chi connectivity index (χ0v) is 12.4. The number of aromatic nitrogens is 1. The fourth-order valence-electron chi connectivity index (χ4n) is 2.32. The number of hydrogen-bond acceptors (Lipinski definition) is 4. The number of para-hydroxylation sites is 1. The van der Waals surface area contributed by atoms with Crippen molar-refractivity contribution in [2.75, 3.05) is 0 Å². The van der Waals surface area contributed by atoms with E-state index in [1.807, 2.05) is 0 Å². The smallest absolute Gasteiger partial charge is 0.341 e. The molecule has 120 valence electrons. The first-order valence-corrected chi connectivity index (χ1v) is 7.01. The molecule has 7 heteroatoms. The normalized spacial score (nSPS) is 11.2. The highest BCUT2D eigenvalue weighted by molar-refractivity contribution is 6.07. The third-order valence-electron chi connectivity index (χ3n) is 3.58. The highest BCUT2D eigenvalue weighted by atomic mass is 16.4. The number of nitrogens with one attached hydrogen (secondary N) is 1. The van der Waals surface area contributed by atoms with Gasteiger partial charge in [-0.25, -0.2) is 9.59 Å². The van der Waals surface area contributed by atoms with Crippen molar-refractivity contribution in [3.8, 4) is 0 Å². The van der Waals surface area contributed by atoms with Crippen molar-refractivity contribution < 1.29 is 24.6 Å². The summed E-state index contributed by atoms with van der Waals surface area (Å²) >= 11 is 0. The summed E-state index contributed by atoms with van der Waals surface area (Å²) in [7, 11) is 0. The van der Waals surface area contributed by atoms with Crippen molar-refractivity contribution in [1.29, 1.82) is 0 Å². The number of rotatable bonds is 6. The predicted octanol–water partition coefficient (Wildman–Crippen LogP) is 1.21. The van der Waals surface area contributed by atoms with E-state index in [9.17, 15) is 24.6 Å². The number of amides is 1. The highest BCUT2D eigenvalue weighted by Gasteiger charge is 2.48. The molecule has 1 heterocycles. The van der Waals surface area contributed by atoms with Crippen LogP contribution in [0.1, 0.15) is 18.9 Å². The van der Waals surface area contributed by atoms with Gasteiger partial charge in [-0.15, -0.1) is 0 Å². The summed E-state index contributed by atoms with van der Waals surface area (Å²) in [6.45, 7) is 1.52. The molecule has 3 N–H and O–H groups in total. The first-order valence-electron chi connectivity index (χ1n) is 7.01. The second-order valence-corrected chi connectivity index (χ2v) is 5.09. The van der Waals surface area contributed by atoms with E-state index in [-0.39, 0.29) is 6.42 Å². The molecule has 2 aromatic rings. The van der Waals surface area contributed by atoms with Gasteiger partial charge in [0.2, 0.25) is 11.4 Å². The number of fused-ring (bicyclic) bond motifs is 1. The van der Waals surface area contributed by atoms with Gasteiger partial charge in [-0.05, 0) is 11.6 Å². The van der Waals surface area contributed by atoms with Crippen molar-refractivity contribution in [3.05, 3.63) is 42.1 Å². The Morgan fingerprint density at radius 2 is 1.78 bits per heavy atom. The van der Waals surface area contributed by atoms with E-state index >= 15 is 0 Å². The average molecular weight is 316 g/mol. The Bertz CT molecular complexity index is 753. The van der Waals surface area contributed by atoms with Crippen LogP contribution in [0.2, 0.25) is 0 Å². The Balaban J connectivity index is 2.54. The zero-order chi connectivity index (χ0) is 17.0. The fraction of sp³-hybridized carbons (Fsp3) is 0.250. The molecule has 0 radical (unpaired) electrons. The second kappa shape index (κ2) is 6.43. The van der Waals surface area contributed by atoms with Gasteiger partial charge in [0, 0.05) is 24.4 Å². The molecular formula is C16H16N2O5. The Morgan fingerprint density at radius 3 is 2.39 bits per heavy atom. The van der Waals surface area contributed by atoms with Gasteiger partial charge in [-0.1, -0.05) is 31.2 Å². The number of nitrogens with zero attached hydrogens (tertiary/aromatic N) is 1. The molecule has 7 nitrogen and oxygen atoms in total. The number of aliphatic carboxylic acids is 2.